The minimum absolute atomic E-state index is 0.250. The molecule has 0 saturated heterocycles. The molecule has 1 amide bonds. The third kappa shape index (κ3) is 3.94. The fraction of sp³-hybridized carbons (Fsp3) is 0.0870. The van der Waals surface area contributed by atoms with Crippen molar-refractivity contribution >= 4 is 35.0 Å². The van der Waals surface area contributed by atoms with Crippen LogP contribution in [0.25, 0.3) is 11.4 Å². The molecule has 4 aromatic rings. The molecule has 0 spiro atoms. The Morgan fingerprint density at radius 2 is 1.72 bits per heavy atom. The molecule has 6 nitrogen and oxygen atoms in total. The van der Waals surface area contributed by atoms with Gasteiger partial charge in [-0.25, -0.2) is 9.07 Å². The average molecular weight is 466 g/mol. The first-order chi connectivity index (χ1) is 15.6. The number of thioether (sulfide) groups is 1. The molecule has 5 rings (SSSR count). The number of halogens is 2. The molecule has 0 radical (unpaired) electrons. The molecule has 32 heavy (non-hydrogen) atoms. The normalized spacial score (nSPS) is 17.3. The Morgan fingerprint density at radius 3 is 2.47 bits per heavy atom. The smallest absolute Gasteiger partial charge is 0.240 e. The number of hydrogen-bond donors (Lipinski definition) is 2. The standard InChI is InChI=1S/C23H17ClFN5OS/c24-17-8-4-5-9-18(17)26-22(31)20-19(14-10-12-16(25)13-11-14)29-30-21(27-28-23(30)32-20)15-6-2-1-3-7-15/h1-13,19-20,29H,(H,26,31)/t19-,20-/m0/s1. The van der Waals surface area contributed by atoms with Crippen molar-refractivity contribution in [2.75, 3.05) is 10.7 Å². The zero-order valence-corrected chi connectivity index (χ0v) is 18.1. The van der Waals surface area contributed by atoms with Gasteiger partial charge in [0.15, 0.2) is 5.82 Å². The summed E-state index contributed by atoms with van der Waals surface area (Å²) in [6, 6.07) is 22.3. The summed E-state index contributed by atoms with van der Waals surface area (Å²) >= 11 is 7.52. The van der Waals surface area contributed by atoms with E-state index in [1.807, 2.05) is 30.3 Å². The summed E-state index contributed by atoms with van der Waals surface area (Å²) in [4.78, 5) is 13.3. The maximum atomic E-state index is 13.6. The minimum Gasteiger partial charge on any atom is -0.324 e. The molecule has 2 atom stereocenters. The molecule has 160 valence electrons. The number of nitrogens with zero attached hydrogens (tertiary/aromatic N) is 3. The molecule has 2 heterocycles. The van der Waals surface area contributed by atoms with Gasteiger partial charge < -0.3 is 10.7 Å². The second-order valence-electron chi connectivity index (χ2n) is 7.17. The Hall–Kier alpha value is -3.36. The largest absolute Gasteiger partial charge is 0.324 e. The van der Waals surface area contributed by atoms with Gasteiger partial charge in [-0.15, -0.1) is 10.2 Å². The van der Waals surface area contributed by atoms with Crippen LogP contribution >= 0.6 is 23.4 Å². The van der Waals surface area contributed by atoms with Gasteiger partial charge in [-0.3, -0.25) is 4.79 Å². The first-order valence-electron chi connectivity index (χ1n) is 9.85. The molecule has 0 saturated carbocycles. The van der Waals surface area contributed by atoms with Crippen molar-refractivity contribution in [2.45, 2.75) is 16.4 Å². The number of benzene rings is 3. The Kier molecular flexibility index (Phi) is 5.55. The molecule has 0 fully saturated rings. The average Bonchev–Trinajstić information content (AvgIpc) is 3.24. The highest BCUT2D eigenvalue weighted by Crippen LogP contribution is 2.39. The topological polar surface area (TPSA) is 71.8 Å². The van der Waals surface area contributed by atoms with Gasteiger partial charge >= 0.3 is 0 Å². The van der Waals surface area contributed by atoms with E-state index in [0.717, 1.165) is 11.1 Å². The van der Waals surface area contributed by atoms with E-state index in [1.54, 1.807) is 41.1 Å². The lowest BCUT2D eigenvalue weighted by atomic mass is 10.0. The van der Waals surface area contributed by atoms with Crippen LogP contribution in [0, 0.1) is 5.82 Å². The van der Waals surface area contributed by atoms with E-state index in [1.165, 1.54) is 23.9 Å². The van der Waals surface area contributed by atoms with Crippen molar-refractivity contribution in [1.29, 1.82) is 0 Å². The molecular weight excluding hydrogens is 449 g/mol. The number of carbonyl (C=O) groups excluding carboxylic acids is 1. The lowest BCUT2D eigenvalue weighted by Gasteiger charge is -2.33. The van der Waals surface area contributed by atoms with Crippen molar-refractivity contribution in [1.82, 2.24) is 14.9 Å². The molecule has 0 aliphatic carbocycles. The lowest BCUT2D eigenvalue weighted by Crippen LogP contribution is -2.41. The predicted molar refractivity (Wildman–Crippen MR) is 124 cm³/mol. The molecule has 0 unspecified atom stereocenters. The summed E-state index contributed by atoms with van der Waals surface area (Å²) in [5.74, 6) is 0.0369. The highest BCUT2D eigenvalue weighted by atomic mass is 35.5. The van der Waals surface area contributed by atoms with E-state index in [4.69, 9.17) is 11.6 Å². The summed E-state index contributed by atoms with van der Waals surface area (Å²) in [6.07, 6.45) is 0. The van der Waals surface area contributed by atoms with Crippen molar-refractivity contribution in [3.05, 3.63) is 95.3 Å². The van der Waals surface area contributed by atoms with Crippen LogP contribution in [-0.4, -0.2) is 26.0 Å². The Morgan fingerprint density at radius 1 is 1.00 bits per heavy atom. The molecule has 3 aromatic carbocycles. The lowest BCUT2D eigenvalue weighted by molar-refractivity contribution is -0.116. The van der Waals surface area contributed by atoms with Gasteiger partial charge in [0.05, 0.1) is 16.8 Å². The quantitative estimate of drug-likeness (QED) is 0.437. The van der Waals surface area contributed by atoms with Crippen LogP contribution in [0.15, 0.2) is 84.0 Å². The summed E-state index contributed by atoms with van der Waals surface area (Å²) in [7, 11) is 0. The fourth-order valence-electron chi connectivity index (χ4n) is 3.52. The van der Waals surface area contributed by atoms with Gasteiger partial charge in [0.1, 0.15) is 11.1 Å². The Balaban J connectivity index is 1.52. The number of nitrogens with one attached hydrogen (secondary N) is 2. The zero-order chi connectivity index (χ0) is 22.1. The first kappa shape index (κ1) is 20.5. The summed E-state index contributed by atoms with van der Waals surface area (Å²) in [5.41, 5.74) is 5.53. The number of aromatic nitrogens is 3. The van der Waals surface area contributed by atoms with Crippen LogP contribution in [0.4, 0.5) is 10.1 Å². The Bertz CT molecular complexity index is 1270. The summed E-state index contributed by atoms with van der Waals surface area (Å²) in [6.45, 7) is 0. The maximum Gasteiger partial charge on any atom is 0.240 e. The van der Waals surface area contributed by atoms with E-state index in [2.05, 4.69) is 20.9 Å². The van der Waals surface area contributed by atoms with Crippen molar-refractivity contribution in [3.63, 3.8) is 0 Å². The SMILES string of the molecule is O=C(Nc1ccccc1Cl)[C@H]1Sc2nnc(-c3ccccc3)n2N[C@H]1c1ccc(F)cc1. The summed E-state index contributed by atoms with van der Waals surface area (Å²) < 4.78 is 15.3. The van der Waals surface area contributed by atoms with Gasteiger partial charge in [-0.2, -0.15) is 0 Å². The second kappa shape index (κ2) is 8.64. The number of rotatable bonds is 4. The number of fused-ring (bicyclic) bond motifs is 1. The molecular formula is C23H17ClFN5OS. The Labute approximate surface area is 192 Å². The molecule has 0 bridgehead atoms. The molecule has 1 aliphatic heterocycles. The van der Waals surface area contributed by atoms with E-state index in [-0.39, 0.29) is 11.7 Å². The van der Waals surface area contributed by atoms with Crippen molar-refractivity contribution in [2.24, 2.45) is 0 Å². The molecule has 2 N–H and O–H groups in total. The molecule has 1 aromatic heterocycles. The third-order valence-electron chi connectivity index (χ3n) is 5.09. The van der Waals surface area contributed by atoms with Crippen molar-refractivity contribution in [3.8, 4) is 11.4 Å². The van der Waals surface area contributed by atoms with Crippen LogP contribution < -0.4 is 10.7 Å². The van der Waals surface area contributed by atoms with Crippen LogP contribution in [0.5, 0.6) is 0 Å². The highest BCUT2D eigenvalue weighted by molar-refractivity contribution is 8.00. The van der Waals surface area contributed by atoms with Gasteiger partial charge in [0.25, 0.3) is 0 Å². The van der Waals surface area contributed by atoms with E-state index >= 15 is 0 Å². The van der Waals surface area contributed by atoms with Gasteiger partial charge in [0, 0.05) is 5.56 Å². The van der Waals surface area contributed by atoms with E-state index in [9.17, 15) is 9.18 Å². The maximum absolute atomic E-state index is 13.6. The monoisotopic (exact) mass is 465 g/mol. The molecule has 1 aliphatic rings. The van der Waals surface area contributed by atoms with Gasteiger partial charge in [0.2, 0.25) is 11.1 Å². The second-order valence-corrected chi connectivity index (χ2v) is 8.69. The van der Waals surface area contributed by atoms with Crippen LogP contribution in [0.2, 0.25) is 5.02 Å². The van der Waals surface area contributed by atoms with Gasteiger partial charge in [-0.1, -0.05) is 78.0 Å². The van der Waals surface area contributed by atoms with Crippen LogP contribution in [0.1, 0.15) is 11.6 Å². The van der Waals surface area contributed by atoms with Crippen molar-refractivity contribution < 1.29 is 9.18 Å². The highest BCUT2D eigenvalue weighted by Gasteiger charge is 2.38. The number of anilines is 1. The zero-order valence-electron chi connectivity index (χ0n) is 16.6. The first-order valence-corrected chi connectivity index (χ1v) is 11.1. The van der Waals surface area contributed by atoms with Crippen LogP contribution in [-0.2, 0) is 4.79 Å². The van der Waals surface area contributed by atoms with Gasteiger partial charge in [-0.05, 0) is 29.8 Å². The van der Waals surface area contributed by atoms with Crippen LogP contribution in [0.3, 0.4) is 0 Å². The number of hydrogen-bond acceptors (Lipinski definition) is 5. The predicted octanol–water partition coefficient (Wildman–Crippen LogP) is 5.14. The minimum atomic E-state index is -0.600. The van der Waals surface area contributed by atoms with E-state index in [0.29, 0.717) is 21.7 Å². The van der Waals surface area contributed by atoms with E-state index < -0.39 is 11.3 Å². The summed E-state index contributed by atoms with van der Waals surface area (Å²) in [5, 5.41) is 11.9. The fourth-order valence-corrected chi connectivity index (χ4v) is 4.78. The molecule has 9 heteroatoms. The number of para-hydroxylation sites is 1. The number of amides is 1. The number of carbonyl (C=O) groups is 1. The third-order valence-corrected chi connectivity index (χ3v) is 6.63.